The Kier molecular flexibility index (Phi) is 7.34. The Morgan fingerprint density at radius 1 is 1.25 bits per heavy atom. The van der Waals surface area contributed by atoms with Gasteiger partial charge in [-0.2, -0.15) is 30.0 Å². The van der Waals surface area contributed by atoms with E-state index < -0.39 is 34.2 Å². The number of rotatable bonds is 8. The minimum absolute atomic E-state index is 0.171. The van der Waals surface area contributed by atoms with Gasteiger partial charge < -0.3 is 4.74 Å². The summed E-state index contributed by atoms with van der Waals surface area (Å²) in [5, 5.41) is 3.80. The number of nitrogens with zero attached hydrogens (tertiary/aromatic N) is 2. The summed E-state index contributed by atoms with van der Waals surface area (Å²) in [5.74, 6) is 1.70. The Hall–Kier alpha value is -2.73. The Morgan fingerprint density at radius 2 is 1.97 bits per heavy atom. The maximum atomic E-state index is 13.0. The van der Waals surface area contributed by atoms with Crippen molar-refractivity contribution in [3.63, 3.8) is 0 Å². The summed E-state index contributed by atoms with van der Waals surface area (Å²) in [7, 11) is -4.03. The average molecular weight is 488 g/mol. The van der Waals surface area contributed by atoms with Gasteiger partial charge in [-0.3, -0.25) is 9.10 Å². The molecule has 1 amide bonds. The fraction of sp³-hybridized carbons (Fsp3) is 0.300. The molecule has 1 aliphatic rings. The van der Waals surface area contributed by atoms with Crippen LogP contribution in [0.1, 0.15) is 11.1 Å². The van der Waals surface area contributed by atoms with E-state index in [1.165, 1.54) is 12.3 Å². The number of carbonyl (C=O) groups is 1. The van der Waals surface area contributed by atoms with E-state index in [-0.39, 0.29) is 11.8 Å². The monoisotopic (exact) mass is 487 g/mol. The number of nitrogens with one attached hydrogen (secondary N) is 1. The molecule has 172 valence electrons. The van der Waals surface area contributed by atoms with Crippen LogP contribution in [0.15, 0.2) is 53.6 Å². The first-order valence-electron chi connectivity index (χ1n) is 9.34. The van der Waals surface area contributed by atoms with E-state index in [0.717, 1.165) is 29.9 Å². The largest absolute Gasteiger partial charge is 0.489 e. The topological polar surface area (TPSA) is 88.1 Å². The van der Waals surface area contributed by atoms with Gasteiger partial charge in [0.2, 0.25) is 10.0 Å². The number of sulfonamides is 1. The van der Waals surface area contributed by atoms with Gasteiger partial charge in [0.25, 0.3) is 5.91 Å². The summed E-state index contributed by atoms with van der Waals surface area (Å²) in [5.41, 5.74) is 1.53. The van der Waals surface area contributed by atoms with E-state index in [2.05, 4.69) is 10.5 Å². The maximum Gasteiger partial charge on any atom is 0.416 e. The summed E-state index contributed by atoms with van der Waals surface area (Å²) in [4.78, 5) is 12.2. The van der Waals surface area contributed by atoms with Gasteiger partial charge >= 0.3 is 6.18 Å². The molecule has 1 heterocycles. The first-order chi connectivity index (χ1) is 15.0. The summed E-state index contributed by atoms with van der Waals surface area (Å²) in [6.07, 6.45) is -2.32. The number of thioether (sulfide) groups is 1. The molecule has 1 aliphatic heterocycles. The van der Waals surface area contributed by atoms with Crippen molar-refractivity contribution in [2.75, 3.05) is 28.6 Å². The Bertz CT molecular complexity index is 1100. The van der Waals surface area contributed by atoms with Gasteiger partial charge in [-0.1, -0.05) is 18.2 Å². The standard InChI is InChI=1S/C20H20F3N3O4S2/c1-32(28,29)26(16-6-3-5-15(9-16)20(21,22)23)11-19(27)25-24-10-14-4-2-7-17(8-14)30-18-12-31-13-18/h2-10,18H,11-13H2,1H3,(H,25,27)/b24-10-. The molecule has 1 saturated heterocycles. The van der Waals surface area contributed by atoms with Gasteiger partial charge in [-0.05, 0) is 35.9 Å². The predicted molar refractivity (Wildman–Crippen MR) is 118 cm³/mol. The number of anilines is 1. The summed E-state index contributed by atoms with van der Waals surface area (Å²) >= 11 is 1.79. The summed E-state index contributed by atoms with van der Waals surface area (Å²) in [6.45, 7) is -0.736. The maximum absolute atomic E-state index is 13.0. The molecule has 0 spiro atoms. The van der Waals surface area contributed by atoms with Crippen molar-refractivity contribution in [3.05, 3.63) is 59.7 Å². The third kappa shape index (κ3) is 6.63. The number of hydrazone groups is 1. The lowest BCUT2D eigenvalue weighted by molar-refractivity contribution is -0.137. The lowest BCUT2D eigenvalue weighted by atomic mass is 10.2. The highest BCUT2D eigenvalue weighted by Gasteiger charge is 2.32. The Morgan fingerprint density at radius 3 is 2.59 bits per heavy atom. The normalized spacial score (nSPS) is 14.8. The first-order valence-corrected chi connectivity index (χ1v) is 12.3. The van der Waals surface area contributed by atoms with Gasteiger partial charge in [-0.15, -0.1) is 0 Å². The highest BCUT2D eigenvalue weighted by molar-refractivity contribution is 8.00. The van der Waals surface area contributed by atoms with Gasteiger partial charge in [0, 0.05) is 11.5 Å². The SMILES string of the molecule is CS(=O)(=O)N(CC(=O)N/N=C\c1cccc(OC2CSC2)c1)c1cccc(C(F)(F)F)c1. The van der Waals surface area contributed by atoms with E-state index >= 15 is 0 Å². The highest BCUT2D eigenvalue weighted by atomic mass is 32.2. The van der Waals surface area contributed by atoms with E-state index in [0.29, 0.717) is 21.7 Å². The Balaban J connectivity index is 1.66. The second kappa shape index (κ2) is 9.82. The van der Waals surface area contributed by atoms with Crippen molar-refractivity contribution in [2.24, 2.45) is 5.10 Å². The van der Waals surface area contributed by atoms with Crippen molar-refractivity contribution >= 4 is 39.6 Å². The molecule has 0 radical (unpaired) electrons. The number of carbonyl (C=O) groups excluding carboxylic acids is 1. The quantitative estimate of drug-likeness (QED) is 0.457. The van der Waals surface area contributed by atoms with Crippen molar-refractivity contribution in [1.82, 2.24) is 5.43 Å². The minimum atomic E-state index is -4.65. The van der Waals surface area contributed by atoms with E-state index in [9.17, 15) is 26.4 Å². The van der Waals surface area contributed by atoms with Gasteiger partial charge in [0.15, 0.2) is 0 Å². The molecular formula is C20H20F3N3O4S2. The van der Waals surface area contributed by atoms with Crippen LogP contribution in [0.3, 0.4) is 0 Å². The molecule has 12 heteroatoms. The van der Waals surface area contributed by atoms with Crippen LogP contribution < -0.4 is 14.5 Å². The van der Waals surface area contributed by atoms with Crippen molar-refractivity contribution in [3.8, 4) is 5.75 Å². The molecule has 3 rings (SSSR count). The average Bonchev–Trinajstić information content (AvgIpc) is 2.68. The number of benzene rings is 2. The second-order valence-corrected chi connectivity index (χ2v) is 9.94. The number of ether oxygens (including phenoxy) is 1. The third-order valence-electron chi connectivity index (χ3n) is 4.32. The molecule has 0 aliphatic carbocycles. The molecule has 0 aromatic heterocycles. The molecule has 1 N–H and O–H groups in total. The van der Waals surface area contributed by atoms with Crippen LogP contribution in [0.4, 0.5) is 18.9 Å². The van der Waals surface area contributed by atoms with E-state index in [4.69, 9.17) is 4.74 Å². The summed E-state index contributed by atoms with van der Waals surface area (Å²) < 4.78 is 69.4. The molecular weight excluding hydrogens is 467 g/mol. The van der Waals surface area contributed by atoms with Gasteiger partial charge in [0.1, 0.15) is 18.4 Å². The molecule has 7 nitrogen and oxygen atoms in total. The first kappa shape index (κ1) is 23.9. The minimum Gasteiger partial charge on any atom is -0.489 e. The van der Waals surface area contributed by atoms with Crippen LogP contribution in [-0.2, 0) is 21.0 Å². The molecule has 0 unspecified atom stereocenters. The zero-order valence-electron chi connectivity index (χ0n) is 16.9. The lowest BCUT2D eigenvalue weighted by Gasteiger charge is -2.25. The second-order valence-electron chi connectivity index (χ2n) is 6.96. The van der Waals surface area contributed by atoms with Crippen LogP contribution in [0, 0.1) is 0 Å². The van der Waals surface area contributed by atoms with E-state index in [1.54, 1.807) is 36.0 Å². The number of alkyl halides is 3. The molecule has 2 aromatic carbocycles. The third-order valence-corrected chi connectivity index (χ3v) is 6.68. The molecule has 0 bridgehead atoms. The van der Waals surface area contributed by atoms with Crippen molar-refractivity contribution < 1.29 is 31.1 Å². The van der Waals surface area contributed by atoms with Crippen molar-refractivity contribution in [1.29, 1.82) is 0 Å². The van der Waals surface area contributed by atoms with Gasteiger partial charge in [-0.25, -0.2) is 13.8 Å². The molecule has 0 atom stereocenters. The van der Waals surface area contributed by atoms with Crippen LogP contribution >= 0.6 is 11.8 Å². The fourth-order valence-electron chi connectivity index (χ4n) is 2.72. The van der Waals surface area contributed by atoms with E-state index in [1.807, 2.05) is 0 Å². The van der Waals surface area contributed by atoms with Crippen LogP contribution in [0.25, 0.3) is 0 Å². The molecule has 1 fully saturated rings. The Labute approximate surface area is 187 Å². The fourth-order valence-corrected chi connectivity index (χ4v) is 4.14. The highest BCUT2D eigenvalue weighted by Crippen LogP contribution is 2.32. The van der Waals surface area contributed by atoms with Crippen molar-refractivity contribution in [2.45, 2.75) is 12.3 Å². The smallest absolute Gasteiger partial charge is 0.416 e. The zero-order valence-corrected chi connectivity index (χ0v) is 18.5. The number of halogens is 3. The zero-order chi connectivity index (χ0) is 23.4. The molecule has 32 heavy (non-hydrogen) atoms. The lowest BCUT2D eigenvalue weighted by Crippen LogP contribution is -2.39. The number of hydrogen-bond acceptors (Lipinski definition) is 6. The van der Waals surface area contributed by atoms with Gasteiger partial charge in [0.05, 0.1) is 23.7 Å². The summed E-state index contributed by atoms with van der Waals surface area (Å²) in [6, 6.07) is 10.8. The van der Waals surface area contributed by atoms with Crippen LogP contribution in [-0.4, -0.2) is 50.9 Å². The number of hydrogen-bond donors (Lipinski definition) is 1. The molecule has 2 aromatic rings. The molecule has 0 saturated carbocycles. The predicted octanol–water partition coefficient (Wildman–Crippen LogP) is 3.12. The number of amides is 1. The van der Waals surface area contributed by atoms with Crippen LogP contribution in [0.2, 0.25) is 0 Å². The van der Waals surface area contributed by atoms with Crippen LogP contribution in [0.5, 0.6) is 5.75 Å².